The van der Waals surface area contributed by atoms with Crippen LogP contribution in [0.25, 0.3) is 0 Å². The molecule has 3 amide bonds. The lowest BCUT2D eigenvalue weighted by Gasteiger charge is -2.03. The van der Waals surface area contributed by atoms with Gasteiger partial charge < -0.3 is 5.11 Å². The van der Waals surface area contributed by atoms with Gasteiger partial charge in [0.1, 0.15) is 0 Å². The van der Waals surface area contributed by atoms with Crippen LogP contribution in [0, 0.1) is 0 Å². The number of aromatic nitrogens is 2. The fourth-order valence-corrected chi connectivity index (χ4v) is 1.34. The molecule has 0 bridgehead atoms. The number of hydrogen-bond acceptors (Lipinski definition) is 4. The van der Waals surface area contributed by atoms with Gasteiger partial charge in [-0.15, -0.1) is 0 Å². The number of anilines is 1. The summed E-state index contributed by atoms with van der Waals surface area (Å²) >= 11 is 0. The van der Waals surface area contributed by atoms with Crippen molar-refractivity contribution >= 4 is 23.7 Å². The fourth-order valence-electron chi connectivity index (χ4n) is 1.34. The summed E-state index contributed by atoms with van der Waals surface area (Å²) in [7, 11) is 0. The smallest absolute Gasteiger partial charge is 0.327 e. The first kappa shape index (κ1) is 14.7. The highest BCUT2D eigenvalue weighted by molar-refractivity contribution is 6.00. The number of urea groups is 1. The number of aliphatic carboxylic acids is 1. The molecule has 8 heteroatoms. The molecule has 1 aromatic heterocycles. The molecule has 0 saturated carbocycles. The first-order valence-electron chi connectivity index (χ1n) is 5.87. The number of nitrogens with one attached hydrogen (secondary N) is 2. The molecule has 8 nitrogen and oxygen atoms in total. The molecule has 0 atom stereocenters. The second-order valence-corrected chi connectivity index (χ2v) is 3.81. The van der Waals surface area contributed by atoms with E-state index >= 15 is 0 Å². The lowest BCUT2D eigenvalue weighted by molar-refractivity contribution is -0.137. The lowest BCUT2D eigenvalue weighted by Crippen LogP contribution is -2.34. The maximum absolute atomic E-state index is 11.4. The molecule has 0 aromatic carbocycles. The van der Waals surface area contributed by atoms with Crippen molar-refractivity contribution in [3.8, 4) is 0 Å². The minimum Gasteiger partial charge on any atom is -0.481 e. The Bertz CT molecular complexity index is 469. The zero-order chi connectivity index (χ0) is 14.3. The Labute approximate surface area is 109 Å². The molecule has 19 heavy (non-hydrogen) atoms. The van der Waals surface area contributed by atoms with E-state index in [0.717, 1.165) is 0 Å². The minimum absolute atomic E-state index is 0.0108. The summed E-state index contributed by atoms with van der Waals surface area (Å²) in [6, 6.07) is 0.930. The highest BCUT2D eigenvalue weighted by Gasteiger charge is 2.09. The Morgan fingerprint density at radius 3 is 2.68 bits per heavy atom. The van der Waals surface area contributed by atoms with E-state index in [1.807, 2.05) is 6.92 Å². The Morgan fingerprint density at radius 1 is 1.37 bits per heavy atom. The number of rotatable bonds is 6. The molecule has 0 radical (unpaired) electrons. The van der Waals surface area contributed by atoms with Gasteiger partial charge >= 0.3 is 12.0 Å². The molecule has 1 heterocycles. The number of aryl methyl sites for hydroxylation is 1. The van der Waals surface area contributed by atoms with Gasteiger partial charge in [0.05, 0.1) is 0 Å². The number of carbonyl (C=O) groups is 3. The van der Waals surface area contributed by atoms with Crippen LogP contribution in [0.1, 0.15) is 26.2 Å². The summed E-state index contributed by atoms with van der Waals surface area (Å²) in [4.78, 5) is 33.0. The molecule has 0 saturated heterocycles. The third-order valence-corrected chi connectivity index (χ3v) is 2.25. The summed E-state index contributed by atoms with van der Waals surface area (Å²) in [5.74, 6) is -1.14. The summed E-state index contributed by atoms with van der Waals surface area (Å²) in [5.41, 5.74) is 0. The van der Waals surface area contributed by atoms with Crippen LogP contribution in [-0.4, -0.2) is 32.8 Å². The summed E-state index contributed by atoms with van der Waals surface area (Å²) in [6.07, 6.45) is 1.78. The zero-order valence-electron chi connectivity index (χ0n) is 10.5. The summed E-state index contributed by atoms with van der Waals surface area (Å²) in [6.45, 7) is 2.58. The van der Waals surface area contributed by atoms with Gasteiger partial charge in [0.15, 0.2) is 5.82 Å². The van der Waals surface area contributed by atoms with Gasteiger partial charge in [-0.2, -0.15) is 5.10 Å². The van der Waals surface area contributed by atoms with Crippen LogP contribution in [0.2, 0.25) is 0 Å². The summed E-state index contributed by atoms with van der Waals surface area (Å²) in [5, 5.41) is 16.9. The number of hydrogen-bond donors (Lipinski definition) is 3. The van der Waals surface area contributed by atoms with E-state index < -0.39 is 17.9 Å². The highest BCUT2D eigenvalue weighted by atomic mass is 16.4. The molecular weight excluding hydrogens is 252 g/mol. The monoisotopic (exact) mass is 268 g/mol. The third-order valence-electron chi connectivity index (χ3n) is 2.25. The van der Waals surface area contributed by atoms with E-state index in [-0.39, 0.29) is 19.3 Å². The van der Waals surface area contributed by atoms with Crippen molar-refractivity contribution in [1.29, 1.82) is 0 Å². The van der Waals surface area contributed by atoms with Crippen molar-refractivity contribution < 1.29 is 19.5 Å². The number of carbonyl (C=O) groups excluding carboxylic acids is 2. The molecule has 0 aliphatic heterocycles. The molecule has 0 aliphatic carbocycles. The number of nitrogens with zero attached hydrogens (tertiary/aromatic N) is 2. The number of carboxylic acid groups (broad SMARTS) is 1. The normalized spacial score (nSPS) is 9.95. The number of imide groups is 1. The zero-order valence-corrected chi connectivity index (χ0v) is 10.5. The minimum atomic E-state index is -0.970. The third kappa shape index (κ3) is 5.66. The molecule has 1 aromatic rings. The largest absolute Gasteiger partial charge is 0.481 e. The van der Waals surface area contributed by atoms with Gasteiger partial charge in [0, 0.05) is 31.6 Å². The standard InChI is InChI=1S/C11H16N4O4/c1-2-15-7-6-8(14-15)12-11(19)13-9(16)4-3-5-10(17)18/h6-7H,2-5H2,1H3,(H,17,18)(H2,12,13,14,16,19). The van der Waals surface area contributed by atoms with E-state index in [1.165, 1.54) is 0 Å². The van der Waals surface area contributed by atoms with Crippen molar-refractivity contribution in [1.82, 2.24) is 15.1 Å². The van der Waals surface area contributed by atoms with Gasteiger partial charge in [-0.25, -0.2) is 4.79 Å². The van der Waals surface area contributed by atoms with E-state index in [9.17, 15) is 14.4 Å². The van der Waals surface area contributed by atoms with Gasteiger partial charge in [0.25, 0.3) is 0 Å². The van der Waals surface area contributed by atoms with Gasteiger partial charge in [-0.1, -0.05) is 0 Å². The van der Waals surface area contributed by atoms with Crippen LogP contribution in [0.5, 0.6) is 0 Å². The van der Waals surface area contributed by atoms with Gasteiger partial charge in [0.2, 0.25) is 5.91 Å². The van der Waals surface area contributed by atoms with Crippen molar-refractivity contribution in [2.24, 2.45) is 0 Å². The molecule has 1 rings (SSSR count). The number of amides is 3. The molecular formula is C11H16N4O4. The number of carboxylic acids is 1. The van der Waals surface area contributed by atoms with Crippen LogP contribution >= 0.6 is 0 Å². The maximum Gasteiger partial charge on any atom is 0.327 e. The topological polar surface area (TPSA) is 113 Å². The molecule has 0 unspecified atom stereocenters. The van der Waals surface area contributed by atoms with Crippen molar-refractivity contribution in [3.63, 3.8) is 0 Å². The van der Waals surface area contributed by atoms with E-state index in [2.05, 4.69) is 15.7 Å². The Kier molecular flexibility index (Phi) is 5.52. The van der Waals surface area contributed by atoms with Gasteiger partial charge in [-0.05, 0) is 13.3 Å². The predicted octanol–water partition coefficient (Wildman–Crippen LogP) is 0.806. The summed E-state index contributed by atoms with van der Waals surface area (Å²) < 4.78 is 1.63. The fraction of sp³-hybridized carbons (Fsp3) is 0.455. The van der Waals surface area contributed by atoms with Crippen molar-refractivity contribution in [2.75, 3.05) is 5.32 Å². The average molecular weight is 268 g/mol. The van der Waals surface area contributed by atoms with Crippen LogP contribution in [-0.2, 0) is 16.1 Å². The SMILES string of the molecule is CCn1ccc(NC(=O)NC(=O)CCCC(=O)O)n1. The van der Waals surface area contributed by atoms with E-state index in [0.29, 0.717) is 12.4 Å². The molecule has 3 N–H and O–H groups in total. The second kappa shape index (κ2) is 7.14. The van der Waals surface area contributed by atoms with Crippen LogP contribution in [0.15, 0.2) is 12.3 Å². The predicted molar refractivity (Wildman–Crippen MR) is 66.5 cm³/mol. The van der Waals surface area contributed by atoms with Crippen LogP contribution in [0.4, 0.5) is 10.6 Å². The van der Waals surface area contributed by atoms with Crippen molar-refractivity contribution in [2.45, 2.75) is 32.7 Å². The highest BCUT2D eigenvalue weighted by Crippen LogP contribution is 2.02. The molecule has 104 valence electrons. The Morgan fingerprint density at radius 2 is 2.11 bits per heavy atom. The Balaban J connectivity index is 2.30. The molecule has 0 spiro atoms. The first-order chi connectivity index (χ1) is 9.01. The van der Waals surface area contributed by atoms with Crippen molar-refractivity contribution in [3.05, 3.63) is 12.3 Å². The van der Waals surface area contributed by atoms with E-state index in [1.54, 1.807) is 16.9 Å². The molecule has 0 fully saturated rings. The van der Waals surface area contributed by atoms with Crippen LogP contribution < -0.4 is 10.6 Å². The van der Waals surface area contributed by atoms with Gasteiger partial charge in [-0.3, -0.25) is 24.9 Å². The Hall–Kier alpha value is -2.38. The average Bonchev–Trinajstić information content (AvgIpc) is 2.75. The second-order valence-electron chi connectivity index (χ2n) is 3.81. The quantitative estimate of drug-likeness (QED) is 0.706. The maximum atomic E-state index is 11.4. The molecule has 0 aliphatic rings. The van der Waals surface area contributed by atoms with E-state index in [4.69, 9.17) is 5.11 Å². The lowest BCUT2D eigenvalue weighted by atomic mass is 10.2. The first-order valence-corrected chi connectivity index (χ1v) is 5.87. The van der Waals surface area contributed by atoms with Crippen LogP contribution in [0.3, 0.4) is 0 Å².